The Balaban J connectivity index is 0.00000506. The van der Waals surface area contributed by atoms with Crippen molar-refractivity contribution >= 4 is 91.1 Å². The molecule has 0 fully saturated rings. The van der Waals surface area contributed by atoms with Crippen LogP contribution in [0.25, 0.3) is 0 Å². The van der Waals surface area contributed by atoms with Crippen LogP contribution in [0.3, 0.4) is 0 Å². The van der Waals surface area contributed by atoms with Gasteiger partial charge in [-0.2, -0.15) is 8.42 Å². The summed E-state index contributed by atoms with van der Waals surface area (Å²) in [4.78, 5) is 39.8. The molecule has 0 saturated carbocycles. The van der Waals surface area contributed by atoms with Crippen molar-refractivity contribution in [1.82, 2.24) is 0 Å². The molecule has 0 unspecified atom stereocenters. The third-order valence-electron chi connectivity index (χ3n) is 6.28. The number of carboxylic acids is 1. The van der Waals surface area contributed by atoms with Crippen LogP contribution in [0.1, 0.15) is 16.8 Å². The van der Waals surface area contributed by atoms with Crippen LogP contribution in [0.5, 0.6) is 0 Å². The topological polar surface area (TPSA) is 182 Å². The molecule has 0 spiro atoms. The van der Waals surface area contributed by atoms with Gasteiger partial charge in [-0.15, -0.1) is 10.6 Å². The van der Waals surface area contributed by atoms with Crippen LogP contribution in [-0.2, 0) is 24.4 Å². The molecule has 4 N–H and O–H groups in total. The molecule has 0 aliphatic carbocycles. The molecule has 2 aromatic rings. The average Bonchev–Trinajstić information content (AvgIpc) is 3.36. The Bertz CT molecular complexity index is 1620. The van der Waals surface area contributed by atoms with Crippen LogP contribution >= 0.6 is 22.4 Å². The van der Waals surface area contributed by atoms with Gasteiger partial charge >= 0.3 is 35.5 Å². The van der Waals surface area contributed by atoms with E-state index in [-0.39, 0.29) is 57.9 Å². The summed E-state index contributed by atoms with van der Waals surface area (Å²) in [7, 11) is -6.07. The summed E-state index contributed by atoms with van der Waals surface area (Å²) in [5.41, 5.74) is 1.50. The number of Topliss-reactive ketones (excluding diaryl/α,β-unsaturated/α-hetero) is 1. The number of carbonyl (C=O) groups excluding carboxylic acids is 2. The van der Waals surface area contributed by atoms with Gasteiger partial charge in [0, 0.05) is 29.7 Å². The van der Waals surface area contributed by atoms with E-state index >= 15 is 0 Å². The maximum atomic E-state index is 12.7. The average molecular weight is 661 g/mol. The van der Waals surface area contributed by atoms with Crippen LogP contribution < -0.4 is 9.80 Å². The van der Waals surface area contributed by atoms with Crippen LogP contribution in [0.4, 0.5) is 11.4 Å². The van der Waals surface area contributed by atoms with E-state index in [9.17, 15) is 31.9 Å². The van der Waals surface area contributed by atoms with E-state index in [0.717, 1.165) is 10.6 Å². The molecular weight excluding hydrogens is 631 g/mol. The van der Waals surface area contributed by atoms with Crippen molar-refractivity contribution in [2.24, 2.45) is 0 Å². The third-order valence-corrected chi connectivity index (χ3v) is 10.1. The van der Waals surface area contributed by atoms with Gasteiger partial charge in [-0.05, 0) is 48.9 Å². The number of carbonyl (C=O) groups is 3. The number of hydrogen-bond acceptors (Lipinski definition) is 10. The molecule has 2 heterocycles. The molecule has 43 heavy (non-hydrogen) atoms. The Morgan fingerprint density at radius 2 is 1.79 bits per heavy atom. The molecule has 2 aromatic carbocycles. The predicted octanol–water partition coefficient (Wildman–Crippen LogP) is 3.58. The number of amides is 1. The van der Waals surface area contributed by atoms with Crippen LogP contribution in [0, 0.1) is 0 Å². The Kier molecular flexibility index (Phi) is 11.9. The van der Waals surface area contributed by atoms with E-state index in [1.165, 1.54) is 48.0 Å². The standard InChI is InChI=1S/C27H28N2O10S3.Na.H/c1-28(24(30)16-39-17-26(31)32)18-11-12-20-21(15-18)40-25(29(20)13-6-14-41(34,35)36)10-5-4-9-23-27(33)19-7-2-3-8-22(19)42(23,37)38;;/h2-5,7-12,15,37-38H,6,13-14,16-17H2,1H3,(H,31,32)(H,34,35,36);;. The number of allylic oxidation sites excluding steroid dienone is 5. The molecule has 0 aromatic heterocycles. The first kappa shape index (κ1) is 35.0. The third kappa shape index (κ3) is 8.39. The van der Waals surface area contributed by atoms with E-state index in [1.807, 2.05) is 4.90 Å². The van der Waals surface area contributed by atoms with Gasteiger partial charge in [-0.1, -0.05) is 36.0 Å². The summed E-state index contributed by atoms with van der Waals surface area (Å²) in [6.07, 6.45) is 6.31. The summed E-state index contributed by atoms with van der Waals surface area (Å²) >= 11 is 1.34. The zero-order valence-electron chi connectivity index (χ0n) is 22.2. The molecule has 2 aliphatic rings. The number of aliphatic carboxylic acids is 1. The number of thioether (sulfide) groups is 1. The SMILES string of the molecule is CN(C(=O)COCC(=O)O)c1ccc2c(c1)SC(=CC=CC=C1C(=O)c3ccccc3S1(O)O)N2CCCS(=O)(=O)O.[NaH]. The Morgan fingerprint density at radius 1 is 1.09 bits per heavy atom. The second-order valence-corrected chi connectivity index (χ2v) is 13.8. The normalized spacial score (nSPS) is 18.0. The van der Waals surface area contributed by atoms with Crippen molar-refractivity contribution in [3.63, 3.8) is 0 Å². The monoisotopic (exact) mass is 660 g/mol. The van der Waals surface area contributed by atoms with Gasteiger partial charge < -0.3 is 19.6 Å². The van der Waals surface area contributed by atoms with E-state index in [0.29, 0.717) is 10.7 Å². The molecule has 0 bridgehead atoms. The number of likely N-dealkylation sites (N-methyl/N-ethyl adjacent to an activating group) is 1. The van der Waals surface area contributed by atoms with Crippen LogP contribution in [-0.4, -0.2) is 107 Å². The summed E-state index contributed by atoms with van der Waals surface area (Å²) in [6, 6.07) is 11.5. The summed E-state index contributed by atoms with van der Waals surface area (Å²) in [5.74, 6) is -2.54. The van der Waals surface area contributed by atoms with Crippen molar-refractivity contribution in [2.75, 3.05) is 42.4 Å². The van der Waals surface area contributed by atoms with E-state index in [4.69, 9.17) is 14.4 Å². The number of anilines is 2. The summed E-state index contributed by atoms with van der Waals surface area (Å²) < 4.78 is 57.9. The zero-order valence-corrected chi connectivity index (χ0v) is 24.7. The fourth-order valence-electron chi connectivity index (χ4n) is 4.26. The van der Waals surface area contributed by atoms with E-state index in [1.54, 1.807) is 42.5 Å². The number of ketones is 1. The number of carboxylic acid groups (broad SMARTS) is 1. The molecule has 0 radical (unpaired) electrons. The number of hydrogen-bond donors (Lipinski definition) is 4. The van der Waals surface area contributed by atoms with Gasteiger partial charge in [0.05, 0.1) is 21.4 Å². The van der Waals surface area contributed by atoms with Crippen molar-refractivity contribution in [1.29, 1.82) is 0 Å². The molecule has 16 heteroatoms. The van der Waals surface area contributed by atoms with Crippen molar-refractivity contribution < 1.29 is 46.3 Å². The molecule has 12 nitrogen and oxygen atoms in total. The number of rotatable bonds is 11. The van der Waals surface area contributed by atoms with Crippen molar-refractivity contribution in [2.45, 2.75) is 16.2 Å². The number of benzene rings is 2. The van der Waals surface area contributed by atoms with Gasteiger partial charge in [0.2, 0.25) is 5.78 Å². The van der Waals surface area contributed by atoms with Gasteiger partial charge in [0.1, 0.15) is 18.1 Å². The van der Waals surface area contributed by atoms with Gasteiger partial charge in [0.15, 0.2) is 0 Å². The quantitative estimate of drug-likeness (QED) is 0.156. The maximum absolute atomic E-state index is 12.7. The Hall–Kier alpha value is -2.44. The molecule has 4 rings (SSSR count). The van der Waals surface area contributed by atoms with Crippen molar-refractivity contribution in [3.8, 4) is 0 Å². The molecule has 0 saturated heterocycles. The molecule has 1 amide bonds. The first-order valence-corrected chi connectivity index (χ1v) is 16.4. The number of ether oxygens (including phenoxy) is 1. The van der Waals surface area contributed by atoms with Crippen molar-refractivity contribution in [3.05, 3.63) is 82.3 Å². The minimum atomic E-state index is -4.17. The first-order chi connectivity index (χ1) is 19.8. The predicted molar refractivity (Wildman–Crippen MR) is 167 cm³/mol. The number of fused-ring (bicyclic) bond motifs is 2. The van der Waals surface area contributed by atoms with Gasteiger partial charge in [-0.25, -0.2) is 4.79 Å². The summed E-state index contributed by atoms with van der Waals surface area (Å²) in [5, 5.41) is 9.37. The molecular formula is C27H29N2NaO10S3. The second kappa shape index (κ2) is 14.6. The van der Waals surface area contributed by atoms with E-state index < -0.39 is 57.3 Å². The van der Waals surface area contributed by atoms with Crippen LogP contribution in [0.2, 0.25) is 0 Å². The first-order valence-electron chi connectivity index (χ1n) is 12.4. The Labute approximate surface area is 276 Å². The zero-order chi connectivity index (χ0) is 30.7. The van der Waals surface area contributed by atoms with Gasteiger partial charge in [0.25, 0.3) is 16.0 Å². The molecule has 0 atom stereocenters. The summed E-state index contributed by atoms with van der Waals surface area (Å²) in [6.45, 7) is -0.777. The van der Waals surface area contributed by atoms with Gasteiger partial charge in [-0.3, -0.25) is 23.2 Å². The van der Waals surface area contributed by atoms with E-state index in [2.05, 4.69) is 0 Å². The Morgan fingerprint density at radius 3 is 2.47 bits per heavy atom. The fraction of sp³-hybridized carbons (Fsp3) is 0.222. The number of nitrogens with zero attached hydrogens (tertiary/aromatic N) is 2. The van der Waals surface area contributed by atoms with Crippen LogP contribution in [0.15, 0.2) is 86.5 Å². The second-order valence-electron chi connectivity index (χ2n) is 9.18. The fourth-order valence-corrected chi connectivity index (χ4v) is 7.50. The molecule has 2 aliphatic heterocycles. The minimum absolute atomic E-state index is 0. The molecule has 226 valence electrons.